The van der Waals surface area contributed by atoms with Gasteiger partial charge >= 0.3 is 5.97 Å². The Kier molecular flexibility index (Phi) is 4.04. The molecule has 104 valence electrons. The summed E-state index contributed by atoms with van der Waals surface area (Å²) in [6.45, 7) is 2.31. The van der Waals surface area contributed by atoms with Crippen molar-refractivity contribution in [1.29, 1.82) is 0 Å². The van der Waals surface area contributed by atoms with Crippen LogP contribution in [0.25, 0.3) is 0 Å². The van der Waals surface area contributed by atoms with E-state index in [9.17, 15) is 14.3 Å². The minimum absolute atomic E-state index is 0.0525. The number of halogens is 1. The molecule has 0 heterocycles. The Morgan fingerprint density at radius 3 is 2.74 bits per heavy atom. The van der Waals surface area contributed by atoms with Gasteiger partial charge in [-0.25, -0.2) is 4.39 Å². The van der Waals surface area contributed by atoms with Crippen LogP contribution in [0.1, 0.15) is 19.8 Å². The number of aliphatic carboxylic acids is 1. The van der Waals surface area contributed by atoms with Crippen molar-refractivity contribution in [1.82, 2.24) is 5.32 Å². The molecule has 5 heteroatoms. The van der Waals surface area contributed by atoms with Crippen molar-refractivity contribution in [2.24, 2.45) is 5.92 Å². The molecule has 1 aliphatic rings. The van der Waals surface area contributed by atoms with E-state index in [0.29, 0.717) is 6.54 Å². The van der Waals surface area contributed by atoms with E-state index >= 15 is 0 Å². The molecule has 1 aliphatic carbocycles. The first-order valence-corrected chi connectivity index (χ1v) is 6.46. The van der Waals surface area contributed by atoms with Crippen molar-refractivity contribution < 1.29 is 19.0 Å². The van der Waals surface area contributed by atoms with Gasteiger partial charge in [0.1, 0.15) is 6.61 Å². The molecule has 0 radical (unpaired) electrons. The summed E-state index contributed by atoms with van der Waals surface area (Å²) in [5, 5.41) is 12.5. The SMILES string of the molecule is CCNC(COc1ccccc1F)(C(=O)O)C1CC1. The fourth-order valence-corrected chi connectivity index (χ4v) is 2.27. The Morgan fingerprint density at radius 2 is 2.21 bits per heavy atom. The zero-order valence-electron chi connectivity index (χ0n) is 10.9. The van der Waals surface area contributed by atoms with E-state index < -0.39 is 17.3 Å². The van der Waals surface area contributed by atoms with Crippen LogP contribution in [0.5, 0.6) is 5.75 Å². The summed E-state index contributed by atoms with van der Waals surface area (Å²) in [6, 6.07) is 6.02. The van der Waals surface area contributed by atoms with E-state index in [1.54, 1.807) is 12.1 Å². The molecule has 1 fully saturated rings. The van der Waals surface area contributed by atoms with Gasteiger partial charge in [0.25, 0.3) is 0 Å². The van der Waals surface area contributed by atoms with E-state index in [-0.39, 0.29) is 18.3 Å². The van der Waals surface area contributed by atoms with Crippen LogP contribution in [0.3, 0.4) is 0 Å². The molecular formula is C14H18FNO3. The number of hydrogen-bond acceptors (Lipinski definition) is 3. The van der Waals surface area contributed by atoms with Crippen molar-refractivity contribution in [2.75, 3.05) is 13.2 Å². The van der Waals surface area contributed by atoms with E-state index in [1.165, 1.54) is 12.1 Å². The molecule has 2 rings (SSSR count). The lowest BCUT2D eigenvalue weighted by atomic mass is 9.94. The molecule has 1 atom stereocenters. The molecule has 0 aromatic heterocycles. The van der Waals surface area contributed by atoms with E-state index in [2.05, 4.69) is 5.32 Å². The van der Waals surface area contributed by atoms with Crippen LogP contribution in [0.15, 0.2) is 24.3 Å². The van der Waals surface area contributed by atoms with Crippen LogP contribution in [-0.4, -0.2) is 29.8 Å². The first-order chi connectivity index (χ1) is 9.10. The minimum atomic E-state index is -1.11. The summed E-state index contributed by atoms with van der Waals surface area (Å²) < 4.78 is 18.9. The van der Waals surface area contributed by atoms with Gasteiger partial charge in [0.05, 0.1) is 0 Å². The second-order valence-corrected chi connectivity index (χ2v) is 4.80. The Balaban J connectivity index is 2.12. The summed E-state index contributed by atoms with van der Waals surface area (Å²) in [5.74, 6) is -1.27. The third-order valence-electron chi connectivity index (χ3n) is 3.44. The highest BCUT2D eigenvalue weighted by Crippen LogP contribution is 2.40. The number of benzene rings is 1. The second-order valence-electron chi connectivity index (χ2n) is 4.80. The number of carbonyl (C=O) groups is 1. The van der Waals surface area contributed by atoms with Gasteiger partial charge < -0.3 is 9.84 Å². The van der Waals surface area contributed by atoms with Crippen molar-refractivity contribution in [2.45, 2.75) is 25.3 Å². The number of hydrogen-bond donors (Lipinski definition) is 2. The number of ether oxygens (including phenoxy) is 1. The largest absolute Gasteiger partial charge is 0.488 e. The lowest BCUT2D eigenvalue weighted by molar-refractivity contribution is -0.147. The van der Waals surface area contributed by atoms with Crippen LogP contribution >= 0.6 is 0 Å². The van der Waals surface area contributed by atoms with Gasteiger partial charge in [-0.2, -0.15) is 0 Å². The van der Waals surface area contributed by atoms with Gasteiger partial charge in [0.2, 0.25) is 0 Å². The normalized spacial score (nSPS) is 17.8. The molecule has 0 saturated heterocycles. The van der Waals surface area contributed by atoms with Crippen LogP contribution in [0, 0.1) is 11.7 Å². The Morgan fingerprint density at radius 1 is 1.53 bits per heavy atom. The number of rotatable bonds is 7. The van der Waals surface area contributed by atoms with Gasteiger partial charge in [-0.1, -0.05) is 19.1 Å². The molecular weight excluding hydrogens is 249 g/mol. The fraction of sp³-hybridized carbons (Fsp3) is 0.500. The van der Waals surface area contributed by atoms with Crippen molar-refractivity contribution in [3.05, 3.63) is 30.1 Å². The number of carboxylic acid groups (broad SMARTS) is 1. The average Bonchev–Trinajstić information content (AvgIpc) is 3.20. The Hall–Kier alpha value is -1.62. The number of likely N-dealkylation sites (N-methyl/N-ethyl adjacent to an activating group) is 1. The van der Waals surface area contributed by atoms with Crippen molar-refractivity contribution in [3.8, 4) is 5.75 Å². The predicted molar refractivity (Wildman–Crippen MR) is 68.7 cm³/mol. The molecule has 0 amide bonds. The topological polar surface area (TPSA) is 58.6 Å². The smallest absolute Gasteiger partial charge is 0.327 e. The monoisotopic (exact) mass is 267 g/mol. The molecule has 1 aromatic carbocycles. The lowest BCUT2D eigenvalue weighted by Gasteiger charge is -2.30. The quantitative estimate of drug-likeness (QED) is 0.794. The van der Waals surface area contributed by atoms with Gasteiger partial charge in [-0.3, -0.25) is 10.1 Å². The first-order valence-electron chi connectivity index (χ1n) is 6.46. The standard InChI is InChI=1S/C14H18FNO3/c1-2-16-14(13(17)18,10-7-8-10)9-19-12-6-4-3-5-11(12)15/h3-6,10,16H,2,7-9H2,1H3,(H,17,18). The fourth-order valence-electron chi connectivity index (χ4n) is 2.27. The maximum absolute atomic E-state index is 13.5. The van der Waals surface area contributed by atoms with Crippen LogP contribution < -0.4 is 10.1 Å². The Bertz CT molecular complexity index is 462. The highest BCUT2D eigenvalue weighted by atomic mass is 19.1. The molecule has 1 unspecified atom stereocenters. The van der Waals surface area contributed by atoms with E-state index in [4.69, 9.17) is 4.74 Å². The third-order valence-corrected chi connectivity index (χ3v) is 3.44. The summed E-state index contributed by atoms with van der Waals surface area (Å²) in [6.07, 6.45) is 1.72. The molecule has 1 aromatic rings. The highest BCUT2D eigenvalue weighted by Gasteiger charge is 2.51. The summed E-state index contributed by atoms with van der Waals surface area (Å²) in [4.78, 5) is 11.6. The van der Waals surface area contributed by atoms with Crippen molar-refractivity contribution >= 4 is 5.97 Å². The van der Waals surface area contributed by atoms with Crippen LogP contribution in [-0.2, 0) is 4.79 Å². The zero-order chi connectivity index (χ0) is 13.9. The van der Waals surface area contributed by atoms with Crippen LogP contribution in [0.4, 0.5) is 4.39 Å². The van der Waals surface area contributed by atoms with E-state index in [0.717, 1.165) is 12.8 Å². The molecule has 0 aliphatic heterocycles. The van der Waals surface area contributed by atoms with Gasteiger partial charge in [-0.15, -0.1) is 0 Å². The summed E-state index contributed by atoms with van der Waals surface area (Å²) >= 11 is 0. The number of nitrogens with one attached hydrogen (secondary N) is 1. The summed E-state index contributed by atoms with van der Waals surface area (Å²) in [7, 11) is 0. The maximum Gasteiger partial charge on any atom is 0.327 e. The van der Waals surface area contributed by atoms with Gasteiger partial charge in [-0.05, 0) is 37.4 Å². The lowest BCUT2D eigenvalue weighted by Crippen LogP contribution is -2.58. The van der Waals surface area contributed by atoms with Gasteiger partial charge in [0, 0.05) is 0 Å². The third kappa shape index (κ3) is 2.87. The van der Waals surface area contributed by atoms with Gasteiger partial charge in [0.15, 0.2) is 17.1 Å². The minimum Gasteiger partial charge on any atom is -0.488 e. The molecule has 19 heavy (non-hydrogen) atoms. The molecule has 4 nitrogen and oxygen atoms in total. The maximum atomic E-state index is 13.5. The van der Waals surface area contributed by atoms with E-state index in [1.807, 2.05) is 6.92 Å². The average molecular weight is 267 g/mol. The molecule has 1 saturated carbocycles. The highest BCUT2D eigenvalue weighted by molar-refractivity contribution is 5.80. The van der Waals surface area contributed by atoms with Crippen LogP contribution in [0.2, 0.25) is 0 Å². The molecule has 2 N–H and O–H groups in total. The summed E-state index contributed by atoms with van der Waals surface area (Å²) in [5.41, 5.74) is -1.11. The number of para-hydroxylation sites is 1. The first kappa shape index (κ1) is 13.8. The predicted octanol–water partition coefficient (Wildman–Crippen LogP) is 2.05. The Labute approximate surface area is 111 Å². The molecule has 0 spiro atoms. The van der Waals surface area contributed by atoms with Crippen molar-refractivity contribution in [3.63, 3.8) is 0 Å². The molecule has 0 bridgehead atoms. The zero-order valence-corrected chi connectivity index (χ0v) is 10.9. The second kappa shape index (κ2) is 5.57. The number of carboxylic acids is 1.